The predicted molar refractivity (Wildman–Crippen MR) is 445 cm³/mol. The highest BCUT2D eigenvalue weighted by Gasteiger charge is 2.30. The highest BCUT2D eigenvalue weighted by Crippen LogP contribution is 2.46. The number of pyridine rings is 3. The summed E-state index contributed by atoms with van der Waals surface area (Å²) in [6, 6.07) is 76.7. The molecule has 0 atom stereocenters. The van der Waals surface area contributed by atoms with Crippen LogP contribution in [0.3, 0.4) is 0 Å². The van der Waals surface area contributed by atoms with Gasteiger partial charge in [-0.15, -0.1) is 0 Å². The Balaban J connectivity index is 0.000000127. The maximum atomic E-state index is 2.48. The van der Waals surface area contributed by atoms with Crippen LogP contribution in [0.4, 0.5) is 0 Å². The number of aryl methyl sites for hydroxylation is 6. The van der Waals surface area contributed by atoms with Crippen LogP contribution in [0.5, 0.6) is 0 Å². The molecule has 3 nitrogen and oxygen atoms in total. The number of aromatic nitrogens is 3. The first-order valence-corrected chi connectivity index (χ1v) is 41.1. The average Bonchev–Trinajstić information content (AvgIpc) is 0.792. The molecule has 0 saturated heterocycles. The van der Waals surface area contributed by atoms with E-state index in [-0.39, 0.29) is 5.41 Å². The molecule has 0 radical (unpaired) electrons. The van der Waals surface area contributed by atoms with E-state index in [1.807, 2.05) is 0 Å². The van der Waals surface area contributed by atoms with Gasteiger partial charge in [0, 0.05) is 51.6 Å². The lowest BCUT2D eigenvalue weighted by molar-refractivity contribution is -0.660. The summed E-state index contributed by atoms with van der Waals surface area (Å²) in [5.74, 6) is 3.50. The molecule has 0 bridgehead atoms. The van der Waals surface area contributed by atoms with Crippen molar-refractivity contribution in [3.63, 3.8) is 0 Å². The fourth-order valence-corrected chi connectivity index (χ4v) is 19.3. The first kappa shape index (κ1) is 71.8. The fraction of sp³-hybridized carbons (Fsp3) is 0.382. The van der Waals surface area contributed by atoms with E-state index in [2.05, 4.69) is 295 Å². The number of nitrogens with zero attached hydrogens (tertiary/aromatic N) is 3. The number of fused-ring (bicyclic) bond motifs is 3. The number of benzene rings is 9. The molecular weight excluding hydrogens is 1270 g/mol. The second kappa shape index (κ2) is 32.1. The highest BCUT2D eigenvalue weighted by molar-refractivity contribution is 5.92. The predicted octanol–water partition coefficient (Wildman–Crippen LogP) is 27.1. The molecule has 0 amide bonds. The Hall–Kier alpha value is -8.79. The van der Waals surface area contributed by atoms with Gasteiger partial charge in [0.1, 0.15) is 21.1 Å². The lowest BCUT2D eigenvalue weighted by atomic mass is 9.80. The van der Waals surface area contributed by atoms with Crippen LogP contribution in [0.2, 0.25) is 0 Å². The maximum absolute atomic E-state index is 2.48. The van der Waals surface area contributed by atoms with Crippen LogP contribution in [0.25, 0.3) is 99.5 Å². The Morgan fingerprint density at radius 3 is 0.838 bits per heavy atom. The van der Waals surface area contributed by atoms with E-state index in [0.717, 1.165) is 11.8 Å². The zero-order chi connectivity index (χ0) is 72.1. The summed E-state index contributed by atoms with van der Waals surface area (Å²) in [4.78, 5) is 0. The molecule has 9 aromatic carbocycles. The monoisotopic (exact) mass is 1380 g/mol. The largest absolute Gasteiger partial charge is 0.213 e. The molecular formula is C102H116N3+3. The van der Waals surface area contributed by atoms with Crippen molar-refractivity contribution in [2.24, 2.45) is 21.1 Å². The fourth-order valence-electron chi connectivity index (χ4n) is 19.3. The van der Waals surface area contributed by atoms with Gasteiger partial charge in [-0.3, -0.25) is 0 Å². The Morgan fingerprint density at radius 2 is 0.524 bits per heavy atom. The van der Waals surface area contributed by atoms with Gasteiger partial charge in [0.25, 0.3) is 0 Å². The maximum Gasteiger partial charge on any atom is 0.213 e. The van der Waals surface area contributed by atoms with Gasteiger partial charge >= 0.3 is 0 Å². The summed E-state index contributed by atoms with van der Waals surface area (Å²) in [5.41, 5.74) is 29.4. The first-order chi connectivity index (χ1) is 51.1. The van der Waals surface area contributed by atoms with E-state index in [4.69, 9.17) is 0 Å². The molecule has 105 heavy (non-hydrogen) atoms. The summed E-state index contributed by atoms with van der Waals surface area (Å²) >= 11 is 0. The number of hydrogen-bond donors (Lipinski definition) is 0. The van der Waals surface area contributed by atoms with Gasteiger partial charge in [-0.25, -0.2) is 13.7 Å². The lowest BCUT2D eigenvalue weighted by Crippen LogP contribution is -2.32. The molecule has 3 heterocycles. The molecule has 17 rings (SSSR count). The first-order valence-electron chi connectivity index (χ1n) is 41.1. The van der Waals surface area contributed by atoms with Crippen LogP contribution in [0.15, 0.2) is 219 Å². The second-order valence-electron chi connectivity index (χ2n) is 33.9. The van der Waals surface area contributed by atoms with Crippen molar-refractivity contribution in [3.8, 4) is 67.2 Å². The molecule has 0 unspecified atom stereocenters. The summed E-state index contributed by atoms with van der Waals surface area (Å²) in [6.45, 7) is 13.5. The van der Waals surface area contributed by atoms with E-state index in [1.165, 1.54) is 293 Å². The molecule has 5 saturated carbocycles. The van der Waals surface area contributed by atoms with Crippen molar-refractivity contribution < 1.29 is 13.7 Å². The second-order valence-corrected chi connectivity index (χ2v) is 33.9. The Morgan fingerprint density at radius 1 is 0.257 bits per heavy atom. The van der Waals surface area contributed by atoms with Gasteiger partial charge in [-0.1, -0.05) is 256 Å². The molecule has 5 aliphatic rings. The van der Waals surface area contributed by atoms with Crippen LogP contribution in [-0.4, -0.2) is 0 Å². The Kier molecular flexibility index (Phi) is 22.0. The van der Waals surface area contributed by atoms with Gasteiger partial charge in [0.15, 0.2) is 18.6 Å². The van der Waals surface area contributed by atoms with Crippen molar-refractivity contribution in [1.82, 2.24) is 0 Å². The van der Waals surface area contributed by atoms with Gasteiger partial charge in [0.05, 0.1) is 0 Å². The minimum Gasteiger partial charge on any atom is -0.201 e. The van der Waals surface area contributed by atoms with Crippen LogP contribution in [-0.2, 0) is 26.6 Å². The molecule has 0 spiro atoms. The van der Waals surface area contributed by atoms with E-state index in [0.29, 0.717) is 17.8 Å². The lowest BCUT2D eigenvalue weighted by Gasteiger charge is -2.24. The average molecular weight is 1380 g/mol. The highest BCUT2D eigenvalue weighted by atomic mass is 14.9. The van der Waals surface area contributed by atoms with Crippen molar-refractivity contribution in [1.29, 1.82) is 0 Å². The molecule has 0 aliphatic heterocycles. The van der Waals surface area contributed by atoms with Crippen LogP contribution in [0.1, 0.15) is 255 Å². The molecule has 3 aromatic heterocycles. The number of hydrogen-bond acceptors (Lipinski definition) is 0. The Bertz CT molecular complexity index is 5060. The Labute approximate surface area is 629 Å². The van der Waals surface area contributed by atoms with E-state index in [1.54, 1.807) is 11.1 Å². The topological polar surface area (TPSA) is 11.6 Å². The van der Waals surface area contributed by atoms with Crippen molar-refractivity contribution in [2.45, 2.75) is 231 Å². The molecule has 3 heteroatoms. The van der Waals surface area contributed by atoms with Crippen LogP contribution >= 0.6 is 0 Å². The SMILES string of the molecule is Cc1ccccc1-c1cc(-c2ccc3cc(C(C)(C)C)ccc3c2)c(C2CCCCC2)c[n+]1C.Cc1ccccc1-c1cc(-c2ccc3cc(C4CCCC4)ccc3c2)c(C2CCCCC2)c[n+]1C.Cc1ccccc1-c1cc(-c2ccc3cc(C4CCCCC4)ccc3c2)c(C2CCCCC2)c[n+]1C. The summed E-state index contributed by atoms with van der Waals surface area (Å²) in [5, 5.41) is 8.17. The third-order valence-corrected chi connectivity index (χ3v) is 25.6. The van der Waals surface area contributed by atoms with Gasteiger partial charge in [-0.05, 0) is 255 Å². The van der Waals surface area contributed by atoms with Crippen molar-refractivity contribution >= 4 is 32.3 Å². The summed E-state index contributed by atoms with van der Waals surface area (Å²) in [7, 11) is 6.67. The number of rotatable bonds is 11. The minimum atomic E-state index is 0.164. The zero-order valence-electron chi connectivity index (χ0n) is 65.0. The molecule has 5 aliphatic carbocycles. The van der Waals surface area contributed by atoms with Gasteiger partial charge in [0.2, 0.25) is 17.1 Å². The zero-order valence-corrected chi connectivity index (χ0v) is 65.0. The quantitative estimate of drug-likeness (QED) is 0.114. The van der Waals surface area contributed by atoms with Crippen molar-refractivity contribution in [3.05, 3.63) is 269 Å². The van der Waals surface area contributed by atoms with Gasteiger partial charge < -0.3 is 0 Å². The van der Waals surface area contributed by atoms with Crippen molar-refractivity contribution in [2.75, 3.05) is 0 Å². The third kappa shape index (κ3) is 16.0. The van der Waals surface area contributed by atoms with E-state index >= 15 is 0 Å². The van der Waals surface area contributed by atoms with Gasteiger partial charge in [-0.2, -0.15) is 0 Å². The van der Waals surface area contributed by atoms with Crippen LogP contribution in [0, 0.1) is 20.8 Å². The summed E-state index contributed by atoms with van der Waals surface area (Å²) < 4.78 is 7.09. The molecule has 0 N–H and O–H groups in total. The van der Waals surface area contributed by atoms with E-state index in [9.17, 15) is 0 Å². The standard InChI is InChI=1S/C35H40N.C34H38N.C33H38N/c1-25-11-9-10-16-32(25)35-23-33(34(24-36(35)2)27-14-7-4-8-15-27)31-20-19-29-21-28(17-18-30(29)22-31)26-12-5-3-6-13-26;1-24-10-6-9-15-31(24)34-22-32(33(23-35(34)2)26-13-4-3-5-14-26)30-19-18-28-20-27(16-17-29(28)21-30)25-11-7-8-12-25;1-23-11-9-10-14-29(23)32-21-30(31(22-34(32)5)24-12-7-6-8-13-24)27-16-15-26-20-28(33(2,3)4)18-17-25(26)19-27/h9-11,16-24,26-27H,3-8,12-15H2,1-2H3;6,9-10,15-23,25-26H,3-5,7-8,11-14H2,1-2H3;9-11,14-22,24H,6-8,12-13H2,1-5H3/q3*+1. The van der Waals surface area contributed by atoms with E-state index < -0.39 is 0 Å². The molecule has 5 fully saturated rings. The normalized spacial score (nSPS) is 16.7. The third-order valence-electron chi connectivity index (χ3n) is 25.6. The molecule has 536 valence electrons. The molecule has 12 aromatic rings. The summed E-state index contributed by atoms with van der Waals surface area (Å²) in [6.07, 6.45) is 39.9. The minimum absolute atomic E-state index is 0.164. The smallest absolute Gasteiger partial charge is 0.201 e. The van der Waals surface area contributed by atoms with Crippen LogP contribution < -0.4 is 13.7 Å².